The van der Waals surface area contributed by atoms with Crippen LogP contribution < -0.4 is 30.6 Å². The second kappa shape index (κ2) is 9.70. The number of rotatable bonds is 8. The van der Waals surface area contributed by atoms with Crippen LogP contribution in [-0.2, 0) is 0 Å². The second-order valence-electron chi connectivity index (χ2n) is 5.95. The zero-order valence-corrected chi connectivity index (χ0v) is 16.1. The number of fused-ring (bicyclic) bond motifs is 1. The zero-order valence-electron chi connectivity index (χ0n) is 16.1. The zero-order chi connectivity index (χ0) is 21.5. The third-order valence-electron chi connectivity index (χ3n) is 4.02. The highest BCUT2D eigenvalue weighted by Crippen LogP contribution is 2.37. The van der Waals surface area contributed by atoms with Gasteiger partial charge in [-0.15, -0.1) is 0 Å². The van der Waals surface area contributed by atoms with E-state index in [2.05, 4.69) is 15.6 Å². The first-order valence-electron chi connectivity index (χ1n) is 8.93. The molecule has 2 amide bonds. The Labute approximate surface area is 170 Å². The van der Waals surface area contributed by atoms with E-state index in [1.54, 1.807) is 24.4 Å². The molecule has 0 unspecified atom stereocenters. The lowest BCUT2D eigenvalue weighted by Gasteiger charge is -2.13. The average Bonchev–Trinajstić information content (AvgIpc) is 2.74. The Balaban J connectivity index is 1.86. The van der Waals surface area contributed by atoms with Crippen molar-refractivity contribution in [1.29, 1.82) is 0 Å². The van der Waals surface area contributed by atoms with Crippen LogP contribution in [0.15, 0.2) is 42.6 Å². The molecule has 2 aromatic carbocycles. The summed E-state index contributed by atoms with van der Waals surface area (Å²) in [5.41, 5.74) is 5.98. The lowest BCUT2D eigenvalue weighted by atomic mass is 10.2. The van der Waals surface area contributed by atoms with Gasteiger partial charge in [0, 0.05) is 30.3 Å². The number of urea groups is 1. The van der Waals surface area contributed by atoms with Crippen molar-refractivity contribution in [3.05, 3.63) is 48.4 Å². The summed E-state index contributed by atoms with van der Waals surface area (Å²) in [6.45, 7) is -0.923. The van der Waals surface area contributed by atoms with Gasteiger partial charge in [-0.2, -0.15) is 0 Å². The fraction of sp³-hybridized carbons (Fsp3) is 0.200. The summed E-state index contributed by atoms with van der Waals surface area (Å²) >= 11 is 0. The molecular weight excluding hydrogens is 398 g/mol. The first-order valence-corrected chi connectivity index (χ1v) is 8.93. The number of nitrogens with zero attached hydrogens (tertiary/aromatic N) is 1. The number of methoxy groups -OCH3 is 1. The van der Waals surface area contributed by atoms with Gasteiger partial charge in [-0.1, -0.05) is 0 Å². The summed E-state index contributed by atoms with van der Waals surface area (Å²) in [5.74, 6) is 0.771. The van der Waals surface area contributed by atoms with E-state index in [1.807, 2.05) is 0 Å². The fourth-order valence-electron chi connectivity index (χ4n) is 2.69. The SMILES string of the molecule is COc1cc2nccc(Oc3ccc(NC(=O)NCCF)c(F)c3)c2cc1OCN. The normalized spacial score (nSPS) is 10.5. The quantitative estimate of drug-likeness (QED) is 0.483. The number of halogens is 2. The van der Waals surface area contributed by atoms with Crippen molar-refractivity contribution in [1.82, 2.24) is 10.3 Å². The van der Waals surface area contributed by atoms with Crippen LogP contribution in [0.25, 0.3) is 10.9 Å². The lowest BCUT2D eigenvalue weighted by Crippen LogP contribution is -2.30. The summed E-state index contributed by atoms with van der Waals surface area (Å²) in [6, 6.07) is 8.21. The Morgan fingerprint density at radius 3 is 2.70 bits per heavy atom. The Bertz CT molecular complexity index is 1050. The molecule has 0 saturated carbocycles. The van der Waals surface area contributed by atoms with Crippen LogP contribution in [0.2, 0.25) is 0 Å². The highest BCUT2D eigenvalue weighted by molar-refractivity contribution is 5.90. The first-order chi connectivity index (χ1) is 14.5. The molecule has 10 heteroatoms. The molecule has 8 nitrogen and oxygen atoms in total. The molecule has 0 fully saturated rings. The first kappa shape index (κ1) is 21.1. The number of hydrogen-bond acceptors (Lipinski definition) is 6. The van der Waals surface area contributed by atoms with E-state index in [0.717, 1.165) is 6.07 Å². The summed E-state index contributed by atoms with van der Waals surface area (Å²) in [7, 11) is 1.50. The summed E-state index contributed by atoms with van der Waals surface area (Å²) < 4.78 is 42.9. The van der Waals surface area contributed by atoms with Crippen molar-refractivity contribution in [3.63, 3.8) is 0 Å². The molecule has 0 spiro atoms. The van der Waals surface area contributed by atoms with E-state index in [4.69, 9.17) is 19.9 Å². The number of pyridine rings is 1. The van der Waals surface area contributed by atoms with Crippen LogP contribution >= 0.6 is 0 Å². The maximum absolute atomic E-state index is 14.4. The van der Waals surface area contributed by atoms with Crippen LogP contribution in [0, 0.1) is 5.82 Å². The highest BCUT2D eigenvalue weighted by atomic mass is 19.1. The largest absolute Gasteiger partial charge is 0.493 e. The topological polar surface area (TPSA) is 108 Å². The van der Waals surface area contributed by atoms with Gasteiger partial charge in [0.15, 0.2) is 11.5 Å². The number of aromatic nitrogens is 1. The van der Waals surface area contributed by atoms with E-state index < -0.39 is 18.5 Å². The third-order valence-corrected chi connectivity index (χ3v) is 4.02. The lowest BCUT2D eigenvalue weighted by molar-refractivity contribution is 0.251. The summed E-state index contributed by atoms with van der Waals surface area (Å²) in [5, 5.41) is 5.15. The number of carbonyl (C=O) groups excluding carboxylic acids is 1. The number of nitrogens with two attached hydrogens (primary N) is 1. The predicted molar refractivity (Wildman–Crippen MR) is 107 cm³/mol. The maximum Gasteiger partial charge on any atom is 0.319 e. The van der Waals surface area contributed by atoms with Gasteiger partial charge >= 0.3 is 6.03 Å². The van der Waals surface area contributed by atoms with E-state index in [9.17, 15) is 13.6 Å². The number of amides is 2. The van der Waals surface area contributed by atoms with Crippen molar-refractivity contribution in [2.75, 3.05) is 32.4 Å². The van der Waals surface area contributed by atoms with Gasteiger partial charge in [0.2, 0.25) is 0 Å². The Morgan fingerprint density at radius 1 is 1.17 bits per heavy atom. The molecular formula is C20H20F2N4O4. The van der Waals surface area contributed by atoms with Crippen molar-refractivity contribution in [2.45, 2.75) is 0 Å². The van der Waals surface area contributed by atoms with Crippen LogP contribution in [0.1, 0.15) is 0 Å². The van der Waals surface area contributed by atoms with Gasteiger partial charge in [-0.05, 0) is 24.3 Å². The van der Waals surface area contributed by atoms with E-state index in [-0.39, 0.29) is 24.7 Å². The van der Waals surface area contributed by atoms with Crippen LogP contribution in [0.3, 0.4) is 0 Å². The summed E-state index contributed by atoms with van der Waals surface area (Å²) in [4.78, 5) is 15.8. The Morgan fingerprint density at radius 2 is 2.00 bits per heavy atom. The van der Waals surface area contributed by atoms with Gasteiger partial charge in [0.05, 0.1) is 18.3 Å². The standard InChI is InChI=1S/C20H20F2N4O4/c1-28-18-10-16-13(9-19(18)29-11-23)17(4-6-24-16)30-12-2-3-15(14(22)8-12)26-20(27)25-7-5-21/h2-4,6,8-10H,5,7,11,23H2,1H3,(H2,25,26,27). The molecule has 0 atom stereocenters. The molecule has 4 N–H and O–H groups in total. The fourth-order valence-corrected chi connectivity index (χ4v) is 2.69. The van der Waals surface area contributed by atoms with Crippen molar-refractivity contribution >= 4 is 22.6 Å². The molecule has 30 heavy (non-hydrogen) atoms. The molecule has 0 bridgehead atoms. The van der Waals surface area contributed by atoms with Gasteiger partial charge < -0.3 is 24.8 Å². The number of carbonyl (C=O) groups is 1. The molecule has 0 saturated heterocycles. The number of nitrogens with one attached hydrogen (secondary N) is 2. The van der Waals surface area contributed by atoms with Gasteiger partial charge in [0.1, 0.15) is 30.7 Å². The van der Waals surface area contributed by atoms with Crippen molar-refractivity contribution in [3.8, 4) is 23.0 Å². The van der Waals surface area contributed by atoms with Crippen molar-refractivity contribution in [2.24, 2.45) is 5.73 Å². The van der Waals surface area contributed by atoms with Gasteiger partial charge in [-0.3, -0.25) is 10.7 Å². The molecule has 0 aliphatic carbocycles. The number of hydrogen-bond donors (Lipinski definition) is 3. The minimum Gasteiger partial charge on any atom is -0.493 e. The Hall–Kier alpha value is -3.66. The smallest absolute Gasteiger partial charge is 0.319 e. The molecule has 0 radical (unpaired) electrons. The van der Waals surface area contributed by atoms with Crippen LogP contribution in [0.4, 0.5) is 19.3 Å². The second-order valence-corrected chi connectivity index (χ2v) is 5.95. The summed E-state index contributed by atoms with van der Waals surface area (Å²) in [6.07, 6.45) is 1.54. The monoisotopic (exact) mass is 418 g/mol. The highest BCUT2D eigenvalue weighted by Gasteiger charge is 2.13. The minimum absolute atomic E-state index is 0.0447. The minimum atomic E-state index is -0.716. The van der Waals surface area contributed by atoms with Gasteiger partial charge in [0.25, 0.3) is 0 Å². The maximum atomic E-state index is 14.4. The van der Waals surface area contributed by atoms with Crippen molar-refractivity contribution < 1.29 is 27.8 Å². The van der Waals surface area contributed by atoms with E-state index in [0.29, 0.717) is 28.2 Å². The number of benzene rings is 2. The molecule has 3 aromatic rings. The Kier molecular flexibility index (Phi) is 6.81. The van der Waals surface area contributed by atoms with Crippen LogP contribution in [0.5, 0.6) is 23.0 Å². The molecule has 3 rings (SSSR count). The van der Waals surface area contributed by atoms with E-state index >= 15 is 0 Å². The number of anilines is 1. The third kappa shape index (κ3) is 4.84. The van der Waals surface area contributed by atoms with Crippen LogP contribution in [-0.4, -0.2) is 38.1 Å². The average molecular weight is 418 g/mol. The molecule has 0 aliphatic rings. The molecule has 158 valence electrons. The molecule has 0 aliphatic heterocycles. The molecule has 1 aromatic heterocycles. The number of ether oxygens (including phenoxy) is 3. The molecule has 1 heterocycles. The van der Waals surface area contributed by atoms with E-state index in [1.165, 1.54) is 19.2 Å². The number of alkyl halides is 1. The van der Waals surface area contributed by atoms with Gasteiger partial charge in [-0.25, -0.2) is 13.6 Å². The predicted octanol–water partition coefficient (Wildman–Crippen LogP) is 3.56.